The summed E-state index contributed by atoms with van der Waals surface area (Å²) in [6.07, 6.45) is 2.74. The Morgan fingerprint density at radius 3 is 2.46 bits per heavy atom. The second kappa shape index (κ2) is 8.25. The van der Waals surface area contributed by atoms with E-state index in [1.165, 1.54) is 5.56 Å². The zero-order valence-electron chi connectivity index (χ0n) is 14.0. The average Bonchev–Trinajstić information content (AvgIpc) is 2.97. The fourth-order valence-corrected chi connectivity index (χ4v) is 3.19. The molecule has 1 N–H and O–H groups in total. The third-order valence-electron chi connectivity index (χ3n) is 3.90. The van der Waals surface area contributed by atoms with Gasteiger partial charge in [-0.3, -0.25) is 9.48 Å². The Hall–Kier alpha value is -1.82. The van der Waals surface area contributed by atoms with Crippen LogP contribution in [0.1, 0.15) is 28.4 Å². The van der Waals surface area contributed by atoms with Crippen LogP contribution in [0.2, 0.25) is 10.0 Å². The number of rotatable bonds is 5. The van der Waals surface area contributed by atoms with Crippen LogP contribution in [0.15, 0.2) is 53.1 Å². The highest BCUT2D eigenvalue weighted by atomic mass is 79.9. The minimum absolute atomic E-state index is 0.201. The van der Waals surface area contributed by atoms with Crippen LogP contribution in [0, 0.1) is 0 Å². The van der Waals surface area contributed by atoms with Gasteiger partial charge >= 0.3 is 0 Å². The average molecular weight is 453 g/mol. The number of aryl methyl sites for hydroxylation is 1. The SMILES string of the molecule is CCc1ccc(C(=O)Nc2nn(Cc3ccc(Cl)c(Cl)c3)cc2Br)cc1. The Bertz CT molecular complexity index is 938. The number of aromatic nitrogens is 2. The van der Waals surface area contributed by atoms with Gasteiger partial charge in [0.2, 0.25) is 0 Å². The molecule has 1 amide bonds. The zero-order chi connectivity index (χ0) is 18.7. The van der Waals surface area contributed by atoms with E-state index in [1.807, 2.05) is 30.3 Å². The predicted octanol–water partition coefficient (Wildman–Crippen LogP) is 5.82. The molecule has 0 unspecified atom stereocenters. The highest BCUT2D eigenvalue weighted by Gasteiger charge is 2.12. The summed E-state index contributed by atoms with van der Waals surface area (Å²) < 4.78 is 2.43. The van der Waals surface area contributed by atoms with Crippen LogP contribution in [0.25, 0.3) is 0 Å². The molecule has 0 aliphatic heterocycles. The third-order valence-corrected chi connectivity index (χ3v) is 5.22. The van der Waals surface area contributed by atoms with E-state index in [0.717, 1.165) is 12.0 Å². The number of halogens is 3. The van der Waals surface area contributed by atoms with Crippen LogP contribution in [0.4, 0.5) is 5.82 Å². The first-order chi connectivity index (χ1) is 12.5. The summed E-state index contributed by atoms with van der Waals surface area (Å²) >= 11 is 15.4. The fourth-order valence-electron chi connectivity index (χ4n) is 2.46. The molecule has 0 radical (unpaired) electrons. The molecule has 1 heterocycles. The van der Waals surface area contributed by atoms with E-state index < -0.39 is 0 Å². The first-order valence-corrected chi connectivity index (χ1v) is 9.58. The van der Waals surface area contributed by atoms with E-state index in [-0.39, 0.29) is 5.91 Å². The highest BCUT2D eigenvalue weighted by molar-refractivity contribution is 9.10. The second-order valence-electron chi connectivity index (χ2n) is 5.78. The molecule has 2 aromatic carbocycles. The molecular formula is C19H16BrCl2N3O. The molecule has 4 nitrogen and oxygen atoms in total. The van der Waals surface area contributed by atoms with Gasteiger partial charge in [-0.25, -0.2) is 0 Å². The number of carbonyl (C=O) groups is 1. The summed E-state index contributed by atoms with van der Waals surface area (Å²) in [5, 5.41) is 8.26. The van der Waals surface area contributed by atoms with Crippen molar-refractivity contribution in [3.8, 4) is 0 Å². The lowest BCUT2D eigenvalue weighted by atomic mass is 10.1. The molecule has 0 aliphatic carbocycles. The van der Waals surface area contributed by atoms with Gasteiger partial charge in [0.05, 0.1) is 21.1 Å². The molecule has 0 bridgehead atoms. The Labute approximate surface area is 170 Å². The Morgan fingerprint density at radius 2 is 1.81 bits per heavy atom. The van der Waals surface area contributed by atoms with Gasteiger partial charge in [0.25, 0.3) is 5.91 Å². The van der Waals surface area contributed by atoms with Crippen molar-refractivity contribution < 1.29 is 4.79 Å². The first kappa shape index (κ1) is 19.0. The van der Waals surface area contributed by atoms with Crippen molar-refractivity contribution in [3.63, 3.8) is 0 Å². The molecule has 3 aromatic rings. The predicted molar refractivity (Wildman–Crippen MR) is 109 cm³/mol. The largest absolute Gasteiger partial charge is 0.304 e. The van der Waals surface area contributed by atoms with Crippen LogP contribution in [0.5, 0.6) is 0 Å². The molecule has 0 atom stereocenters. The van der Waals surface area contributed by atoms with Crippen LogP contribution in [0.3, 0.4) is 0 Å². The van der Waals surface area contributed by atoms with Crippen molar-refractivity contribution in [3.05, 3.63) is 79.9 Å². The zero-order valence-corrected chi connectivity index (χ0v) is 17.1. The number of hydrogen-bond acceptors (Lipinski definition) is 2. The maximum absolute atomic E-state index is 12.4. The summed E-state index contributed by atoms with van der Waals surface area (Å²) in [7, 11) is 0. The van der Waals surface area contributed by atoms with Crippen molar-refractivity contribution in [1.29, 1.82) is 0 Å². The molecular weight excluding hydrogens is 437 g/mol. The number of hydrogen-bond donors (Lipinski definition) is 1. The summed E-state index contributed by atoms with van der Waals surface area (Å²) in [4.78, 5) is 12.4. The third kappa shape index (κ3) is 4.47. The molecule has 0 saturated heterocycles. The van der Waals surface area contributed by atoms with E-state index in [1.54, 1.807) is 23.0 Å². The van der Waals surface area contributed by atoms with E-state index in [9.17, 15) is 4.79 Å². The molecule has 0 saturated carbocycles. The lowest BCUT2D eigenvalue weighted by Gasteiger charge is -2.05. The van der Waals surface area contributed by atoms with Crippen LogP contribution >= 0.6 is 39.1 Å². The standard InChI is InChI=1S/C19H16BrCl2N3O/c1-2-12-3-6-14(7-4-12)19(26)23-18-15(20)11-25(24-18)10-13-5-8-16(21)17(22)9-13/h3-9,11H,2,10H2,1H3,(H,23,24,26). The van der Waals surface area contributed by atoms with Crippen molar-refractivity contribution in [2.24, 2.45) is 0 Å². The van der Waals surface area contributed by atoms with Gasteiger partial charge in [-0.1, -0.05) is 48.3 Å². The maximum Gasteiger partial charge on any atom is 0.256 e. The van der Waals surface area contributed by atoms with E-state index in [0.29, 0.717) is 32.4 Å². The number of anilines is 1. The van der Waals surface area contributed by atoms with Gasteiger partial charge in [-0.2, -0.15) is 5.10 Å². The first-order valence-electron chi connectivity index (χ1n) is 8.03. The van der Waals surface area contributed by atoms with Gasteiger partial charge in [0.1, 0.15) is 0 Å². The number of benzene rings is 2. The van der Waals surface area contributed by atoms with Crippen molar-refractivity contribution in [1.82, 2.24) is 9.78 Å². The molecule has 0 fully saturated rings. The van der Waals surface area contributed by atoms with Crippen LogP contribution in [-0.4, -0.2) is 15.7 Å². The number of nitrogens with zero attached hydrogens (tertiary/aromatic N) is 2. The smallest absolute Gasteiger partial charge is 0.256 e. The molecule has 26 heavy (non-hydrogen) atoms. The van der Waals surface area contributed by atoms with Crippen LogP contribution < -0.4 is 5.32 Å². The lowest BCUT2D eigenvalue weighted by molar-refractivity contribution is 0.102. The Balaban J connectivity index is 1.72. The molecule has 134 valence electrons. The molecule has 0 aliphatic rings. The van der Waals surface area contributed by atoms with Crippen LogP contribution in [-0.2, 0) is 13.0 Å². The highest BCUT2D eigenvalue weighted by Crippen LogP contribution is 2.25. The van der Waals surface area contributed by atoms with Gasteiger partial charge in [-0.15, -0.1) is 0 Å². The summed E-state index contributed by atoms with van der Waals surface area (Å²) in [6, 6.07) is 13.0. The topological polar surface area (TPSA) is 46.9 Å². The van der Waals surface area contributed by atoms with Gasteiger partial charge in [0, 0.05) is 11.8 Å². The number of amides is 1. The molecule has 0 spiro atoms. The van der Waals surface area contributed by atoms with E-state index in [4.69, 9.17) is 23.2 Å². The summed E-state index contributed by atoms with van der Waals surface area (Å²) in [5.41, 5.74) is 2.74. The van der Waals surface area contributed by atoms with Gasteiger partial charge in [-0.05, 0) is 57.7 Å². The summed E-state index contributed by atoms with van der Waals surface area (Å²) in [5.74, 6) is 0.266. The number of carbonyl (C=O) groups excluding carboxylic acids is 1. The Morgan fingerprint density at radius 1 is 1.12 bits per heavy atom. The quantitative estimate of drug-likeness (QED) is 0.530. The fraction of sp³-hybridized carbons (Fsp3) is 0.158. The molecule has 3 rings (SSSR count). The minimum atomic E-state index is -0.201. The number of nitrogens with one attached hydrogen (secondary N) is 1. The minimum Gasteiger partial charge on any atom is -0.304 e. The monoisotopic (exact) mass is 451 g/mol. The summed E-state index contributed by atoms with van der Waals surface area (Å²) in [6.45, 7) is 2.59. The molecule has 1 aromatic heterocycles. The molecule has 7 heteroatoms. The van der Waals surface area contributed by atoms with Crippen molar-refractivity contribution >= 4 is 50.9 Å². The van der Waals surface area contributed by atoms with Gasteiger partial charge in [0.15, 0.2) is 5.82 Å². The van der Waals surface area contributed by atoms with Gasteiger partial charge < -0.3 is 5.32 Å². The van der Waals surface area contributed by atoms with Crippen molar-refractivity contribution in [2.75, 3.05) is 5.32 Å². The van der Waals surface area contributed by atoms with E-state index >= 15 is 0 Å². The van der Waals surface area contributed by atoms with Crippen molar-refractivity contribution in [2.45, 2.75) is 19.9 Å². The second-order valence-corrected chi connectivity index (χ2v) is 7.45. The van der Waals surface area contributed by atoms with E-state index in [2.05, 4.69) is 33.3 Å². The maximum atomic E-state index is 12.4. The Kier molecular flexibility index (Phi) is 6.01. The lowest BCUT2D eigenvalue weighted by Crippen LogP contribution is -2.13. The normalized spacial score (nSPS) is 10.8.